The summed E-state index contributed by atoms with van der Waals surface area (Å²) in [4.78, 5) is 6.84. The van der Waals surface area contributed by atoms with E-state index >= 15 is 0 Å². The van der Waals surface area contributed by atoms with E-state index in [1.54, 1.807) is 19.2 Å². The first kappa shape index (κ1) is 16.0. The number of benzene rings is 1. The van der Waals surface area contributed by atoms with Crippen LogP contribution in [-0.4, -0.2) is 42.7 Å². The number of halogens is 1. The van der Waals surface area contributed by atoms with Gasteiger partial charge in [0.2, 0.25) is 5.89 Å². The van der Waals surface area contributed by atoms with Gasteiger partial charge >= 0.3 is 0 Å². The molecule has 0 saturated carbocycles. The minimum Gasteiger partial charge on any atom is -0.497 e. The van der Waals surface area contributed by atoms with Crippen molar-refractivity contribution in [2.24, 2.45) is 0 Å². The first-order valence-electron chi connectivity index (χ1n) is 7.82. The van der Waals surface area contributed by atoms with Gasteiger partial charge in [-0.05, 0) is 32.0 Å². The van der Waals surface area contributed by atoms with Crippen LogP contribution in [0.3, 0.4) is 0 Å². The molecule has 1 aliphatic heterocycles. The predicted octanol–water partition coefficient (Wildman–Crippen LogP) is 2.59. The average molecular weight is 319 g/mol. The lowest BCUT2D eigenvalue weighted by atomic mass is 10.2. The first-order chi connectivity index (χ1) is 11.1. The van der Waals surface area contributed by atoms with Gasteiger partial charge < -0.3 is 14.5 Å². The zero-order valence-electron chi connectivity index (χ0n) is 13.7. The monoisotopic (exact) mass is 319 g/mol. The van der Waals surface area contributed by atoms with Crippen LogP contribution in [0.4, 0.5) is 4.39 Å². The van der Waals surface area contributed by atoms with E-state index in [-0.39, 0.29) is 5.82 Å². The van der Waals surface area contributed by atoms with Crippen molar-refractivity contribution in [1.82, 2.24) is 15.2 Å². The highest BCUT2D eigenvalue weighted by atomic mass is 19.1. The van der Waals surface area contributed by atoms with Crippen molar-refractivity contribution in [3.8, 4) is 17.2 Å². The maximum absolute atomic E-state index is 14.1. The van der Waals surface area contributed by atoms with E-state index < -0.39 is 0 Å². The van der Waals surface area contributed by atoms with E-state index in [2.05, 4.69) is 22.1 Å². The van der Waals surface area contributed by atoms with Crippen LogP contribution < -0.4 is 10.1 Å². The number of oxazole rings is 1. The van der Waals surface area contributed by atoms with E-state index in [1.165, 1.54) is 6.07 Å². The minimum absolute atomic E-state index is 0.303. The second-order valence-corrected chi connectivity index (χ2v) is 5.96. The molecule has 1 fully saturated rings. The number of aromatic nitrogens is 1. The van der Waals surface area contributed by atoms with Gasteiger partial charge in [0.05, 0.1) is 18.4 Å². The Bertz CT molecular complexity index is 686. The van der Waals surface area contributed by atoms with Gasteiger partial charge in [0, 0.05) is 32.2 Å². The van der Waals surface area contributed by atoms with Crippen LogP contribution >= 0.6 is 0 Å². The Morgan fingerprint density at radius 2 is 2.30 bits per heavy atom. The number of hydrogen-bond donors (Lipinski definition) is 1. The molecular formula is C17H22FN3O2. The zero-order valence-corrected chi connectivity index (χ0v) is 13.7. The molecule has 1 N–H and O–H groups in total. The summed E-state index contributed by atoms with van der Waals surface area (Å²) in [5, 5.41) is 3.41. The lowest BCUT2D eigenvalue weighted by Gasteiger charge is -2.31. The van der Waals surface area contributed by atoms with Crippen molar-refractivity contribution in [2.75, 3.05) is 26.7 Å². The lowest BCUT2D eigenvalue weighted by molar-refractivity contribution is 0.197. The molecule has 6 heteroatoms. The summed E-state index contributed by atoms with van der Waals surface area (Å²) in [5.74, 6) is 1.25. The summed E-state index contributed by atoms with van der Waals surface area (Å²) in [6.45, 7) is 7.66. The Labute approximate surface area is 135 Å². The maximum Gasteiger partial charge on any atom is 0.229 e. The number of aryl methyl sites for hydroxylation is 1. The van der Waals surface area contributed by atoms with Crippen molar-refractivity contribution >= 4 is 0 Å². The molecule has 5 nitrogen and oxygen atoms in total. The molecule has 124 valence electrons. The number of piperazine rings is 1. The topological polar surface area (TPSA) is 50.5 Å². The lowest BCUT2D eigenvalue weighted by Crippen LogP contribution is -2.48. The molecule has 1 aromatic carbocycles. The predicted molar refractivity (Wildman–Crippen MR) is 85.9 cm³/mol. The van der Waals surface area contributed by atoms with Crippen LogP contribution in [0.15, 0.2) is 22.6 Å². The number of ether oxygens (including phenoxy) is 1. The van der Waals surface area contributed by atoms with Gasteiger partial charge in [0.1, 0.15) is 17.3 Å². The molecule has 1 aliphatic rings. The van der Waals surface area contributed by atoms with Crippen molar-refractivity contribution in [2.45, 2.75) is 26.4 Å². The van der Waals surface area contributed by atoms with Crippen molar-refractivity contribution in [3.05, 3.63) is 35.5 Å². The Morgan fingerprint density at radius 1 is 1.48 bits per heavy atom. The number of rotatable bonds is 4. The van der Waals surface area contributed by atoms with Gasteiger partial charge in [-0.2, -0.15) is 0 Å². The third-order valence-corrected chi connectivity index (χ3v) is 4.12. The highest BCUT2D eigenvalue weighted by Gasteiger charge is 2.20. The zero-order chi connectivity index (χ0) is 16.4. The van der Waals surface area contributed by atoms with Gasteiger partial charge in [0.25, 0.3) is 0 Å². The fourth-order valence-corrected chi connectivity index (χ4v) is 2.85. The summed E-state index contributed by atoms with van der Waals surface area (Å²) in [6, 6.07) is 5.02. The van der Waals surface area contributed by atoms with Crippen LogP contribution in [0.1, 0.15) is 18.4 Å². The smallest absolute Gasteiger partial charge is 0.229 e. The number of methoxy groups -OCH3 is 1. The first-order valence-corrected chi connectivity index (χ1v) is 7.82. The molecule has 2 heterocycles. The summed E-state index contributed by atoms with van der Waals surface area (Å²) in [5.41, 5.74) is 1.18. The van der Waals surface area contributed by atoms with Crippen LogP contribution in [0.25, 0.3) is 11.5 Å². The molecule has 0 amide bonds. The molecule has 0 radical (unpaired) electrons. The van der Waals surface area contributed by atoms with Crippen LogP contribution in [0.5, 0.6) is 5.75 Å². The molecule has 0 spiro atoms. The average Bonchev–Trinajstić information content (AvgIpc) is 2.88. The van der Waals surface area contributed by atoms with Crippen molar-refractivity contribution in [1.29, 1.82) is 0 Å². The summed E-state index contributed by atoms with van der Waals surface area (Å²) in [7, 11) is 1.55. The van der Waals surface area contributed by atoms with E-state index in [0.717, 1.165) is 31.1 Å². The number of nitrogens with one attached hydrogen (secondary N) is 1. The van der Waals surface area contributed by atoms with Gasteiger partial charge in [-0.15, -0.1) is 0 Å². The largest absolute Gasteiger partial charge is 0.497 e. The fraction of sp³-hybridized carbons (Fsp3) is 0.471. The molecule has 1 saturated heterocycles. The van der Waals surface area contributed by atoms with Gasteiger partial charge in [-0.25, -0.2) is 9.37 Å². The molecule has 23 heavy (non-hydrogen) atoms. The molecule has 1 aromatic heterocycles. The standard InChI is InChI=1S/C17H22FN3O2/c1-11-9-21(7-6-19-11)10-16-12(2)23-17(20-16)14-8-13(22-3)4-5-15(14)18/h4-5,8,11,19H,6-7,9-10H2,1-3H3/t11-/m0/s1. The highest BCUT2D eigenvalue weighted by molar-refractivity contribution is 5.57. The fourth-order valence-electron chi connectivity index (χ4n) is 2.85. The van der Waals surface area contributed by atoms with Gasteiger partial charge in [-0.1, -0.05) is 0 Å². The summed E-state index contributed by atoms with van der Waals surface area (Å²) in [6.07, 6.45) is 0. The quantitative estimate of drug-likeness (QED) is 0.939. The van der Waals surface area contributed by atoms with Crippen LogP contribution in [-0.2, 0) is 6.54 Å². The second kappa shape index (κ2) is 6.68. The molecule has 0 unspecified atom stereocenters. The Balaban J connectivity index is 1.83. The third kappa shape index (κ3) is 3.54. The summed E-state index contributed by atoms with van der Waals surface area (Å²) < 4.78 is 24.9. The summed E-state index contributed by atoms with van der Waals surface area (Å²) >= 11 is 0. The van der Waals surface area contributed by atoms with E-state index in [9.17, 15) is 4.39 Å². The Morgan fingerprint density at radius 3 is 3.04 bits per heavy atom. The Kier molecular flexibility index (Phi) is 4.63. The molecular weight excluding hydrogens is 297 g/mol. The molecule has 2 aromatic rings. The SMILES string of the molecule is COc1ccc(F)c(-c2nc(CN3CCN[C@@H](C)C3)c(C)o2)c1. The van der Waals surface area contributed by atoms with Crippen LogP contribution in [0.2, 0.25) is 0 Å². The second-order valence-electron chi connectivity index (χ2n) is 5.96. The maximum atomic E-state index is 14.1. The van der Waals surface area contributed by atoms with Gasteiger partial charge in [0.15, 0.2) is 0 Å². The van der Waals surface area contributed by atoms with Gasteiger partial charge in [-0.3, -0.25) is 4.90 Å². The molecule has 0 bridgehead atoms. The van der Waals surface area contributed by atoms with Crippen molar-refractivity contribution in [3.63, 3.8) is 0 Å². The third-order valence-electron chi connectivity index (χ3n) is 4.12. The number of nitrogens with zero attached hydrogens (tertiary/aromatic N) is 2. The molecule has 0 aliphatic carbocycles. The number of hydrogen-bond acceptors (Lipinski definition) is 5. The van der Waals surface area contributed by atoms with Crippen LogP contribution in [0, 0.1) is 12.7 Å². The van der Waals surface area contributed by atoms with E-state index in [1.807, 2.05) is 6.92 Å². The van der Waals surface area contributed by atoms with E-state index in [0.29, 0.717) is 29.8 Å². The Hall–Kier alpha value is -1.92. The minimum atomic E-state index is -0.366. The highest BCUT2D eigenvalue weighted by Crippen LogP contribution is 2.28. The normalized spacial score (nSPS) is 19.0. The molecule has 1 atom stereocenters. The van der Waals surface area contributed by atoms with E-state index in [4.69, 9.17) is 9.15 Å². The molecule has 3 rings (SSSR count). The van der Waals surface area contributed by atoms with Crippen molar-refractivity contribution < 1.29 is 13.5 Å².